The number of nitrogens with zero attached hydrogens (tertiary/aromatic N) is 1. The van der Waals surface area contributed by atoms with Gasteiger partial charge in [-0.15, -0.1) is 0 Å². The summed E-state index contributed by atoms with van der Waals surface area (Å²) in [6.45, 7) is 2.16. The maximum absolute atomic E-state index is 11.7. The summed E-state index contributed by atoms with van der Waals surface area (Å²) in [4.78, 5) is 13.6. The lowest BCUT2D eigenvalue weighted by molar-refractivity contribution is -0.127. The van der Waals surface area contributed by atoms with Crippen molar-refractivity contribution in [2.75, 3.05) is 19.6 Å². The van der Waals surface area contributed by atoms with E-state index < -0.39 is 0 Å². The third-order valence-electron chi connectivity index (χ3n) is 3.19. The molecule has 4 heteroatoms. The maximum atomic E-state index is 11.7. The molecule has 1 aliphatic heterocycles. The maximum Gasteiger partial charge on any atom is 0.222 e. The van der Waals surface area contributed by atoms with Gasteiger partial charge in [-0.25, -0.2) is 0 Å². The van der Waals surface area contributed by atoms with Crippen LogP contribution in [0.2, 0.25) is 5.02 Å². The minimum atomic E-state index is 0.225. The van der Waals surface area contributed by atoms with Crippen molar-refractivity contribution in [2.45, 2.75) is 12.8 Å². The topological polar surface area (TPSA) is 46.3 Å². The number of nitrogens with two attached hydrogens (primary N) is 1. The van der Waals surface area contributed by atoms with E-state index in [9.17, 15) is 4.79 Å². The van der Waals surface area contributed by atoms with Gasteiger partial charge in [-0.3, -0.25) is 4.79 Å². The average Bonchev–Trinajstić information content (AvgIpc) is 2.68. The highest BCUT2D eigenvalue weighted by Crippen LogP contribution is 2.17. The number of rotatable bonds is 4. The van der Waals surface area contributed by atoms with E-state index in [2.05, 4.69) is 0 Å². The monoisotopic (exact) mass is 252 g/mol. The zero-order valence-electron chi connectivity index (χ0n) is 9.73. The molecule has 1 heterocycles. The fraction of sp³-hybridized carbons (Fsp3) is 0.462. The number of carbonyl (C=O) groups excluding carboxylic acids is 1. The molecule has 0 aliphatic carbocycles. The second-order valence-corrected chi connectivity index (χ2v) is 4.96. The number of carbonyl (C=O) groups is 1. The SMILES string of the molecule is NC[C@@H]1CC(=O)N(CCc2cccc(Cl)c2)C1. The molecular formula is C13H17ClN2O. The van der Waals surface area contributed by atoms with Crippen LogP contribution in [0.1, 0.15) is 12.0 Å². The van der Waals surface area contributed by atoms with Crippen LogP contribution in [0.25, 0.3) is 0 Å². The Kier molecular flexibility index (Phi) is 4.02. The molecule has 1 aliphatic rings. The number of amides is 1. The van der Waals surface area contributed by atoms with Crippen LogP contribution in [0.15, 0.2) is 24.3 Å². The van der Waals surface area contributed by atoms with Gasteiger partial charge in [-0.2, -0.15) is 0 Å². The van der Waals surface area contributed by atoms with Gasteiger partial charge in [0.15, 0.2) is 0 Å². The largest absolute Gasteiger partial charge is 0.342 e. The number of hydrogen-bond donors (Lipinski definition) is 1. The van der Waals surface area contributed by atoms with Gasteiger partial charge in [0, 0.05) is 24.5 Å². The normalized spacial score (nSPS) is 20.0. The first-order valence-electron chi connectivity index (χ1n) is 5.91. The molecule has 92 valence electrons. The molecule has 2 N–H and O–H groups in total. The van der Waals surface area contributed by atoms with Gasteiger partial charge in [0.1, 0.15) is 0 Å². The van der Waals surface area contributed by atoms with E-state index in [4.69, 9.17) is 17.3 Å². The lowest BCUT2D eigenvalue weighted by Crippen LogP contribution is -2.28. The second-order valence-electron chi connectivity index (χ2n) is 4.53. The van der Waals surface area contributed by atoms with Gasteiger partial charge in [0.2, 0.25) is 5.91 Å². The van der Waals surface area contributed by atoms with Crippen LogP contribution < -0.4 is 5.73 Å². The minimum absolute atomic E-state index is 0.225. The third kappa shape index (κ3) is 3.20. The Bertz CT molecular complexity index is 408. The van der Waals surface area contributed by atoms with Gasteiger partial charge in [0.05, 0.1) is 0 Å². The highest BCUT2D eigenvalue weighted by molar-refractivity contribution is 6.30. The molecule has 0 unspecified atom stereocenters. The molecule has 1 aromatic rings. The quantitative estimate of drug-likeness (QED) is 0.887. The molecule has 0 bridgehead atoms. The third-order valence-corrected chi connectivity index (χ3v) is 3.42. The molecule has 1 saturated heterocycles. The molecule has 1 fully saturated rings. The highest BCUT2D eigenvalue weighted by atomic mass is 35.5. The van der Waals surface area contributed by atoms with Gasteiger partial charge >= 0.3 is 0 Å². The van der Waals surface area contributed by atoms with E-state index in [1.54, 1.807) is 0 Å². The Balaban J connectivity index is 1.88. The van der Waals surface area contributed by atoms with Gasteiger partial charge in [-0.05, 0) is 36.6 Å². The van der Waals surface area contributed by atoms with Crippen LogP contribution in [0.3, 0.4) is 0 Å². The second kappa shape index (κ2) is 5.52. The van der Waals surface area contributed by atoms with Crippen LogP contribution in [0.5, 0.6) is 0 Å². The molecule has 2 rings (SSSR count). The Hall–Kier alpha value is -1.06. The van der Waals surface area contributed by atoms with Crippen molar-refractivity contribution >= 4 is 17.5 Å². The summed E-state index contributed by atoms with van der Waals surface area (Å²) < 4.78 is 0. The van der Waals surface area contributed by atoms with Crippen molar-refractivity contribution in [3.63, 3.8) is 0 Å². The van der Waals surface area contributed by atoms with Crippen LogP contribution in [0.4, 0.5) is 0 Å². The summed E-state index contributed by atoms with van der Waals surface area (Å²) in [6.07, 6.45) is 1.45. The predicted molar refractivity (Wildman–Crippen MR) is 68.9 cm³/mol. The van der Waals surface area contributed by atoms with Crippen molar-refractivity contribution in [1.29, 1.82) is 0 Å². The Morgan fingerprint density at radius 1 is 1.47 bits per heavy atom. The molecule has 1 amide bonds. The van der Waals surface area contributed by atoms with E-state index in [0.717, 1.165) is 24.5 Å². The van der Waals surface area contributed by atoms with Crippen LogP contribution in [-0.2, 0) is 11.2 Å². The first kappa shape index (κ1) is 12.4. The Labute approximate surface area is 107 Å². The molecule has 1 atom stereocenters. The first-order chi connectivity index (χ1) is 8.19. The molecule has 17 heavy (non-hydrogen) atoms. The van der Waals surface area contributed by atoms with Crippen molar-refractivity contribution in [2.24, 2.45) is 11.7 Å². The fourth-order valence-corrected chi connectivity index (χ4v) is 2.40. The number of likely N-dealkylation sites (tertiary alicyclic amines) is 1. The molecule has 1 aromatic carbocycles. The molecule has 3 nitrogen and oxygen atoms in total. The van der Waals surface area contributed by atoms with Gasteiger partial charge < -0.3 is 10.6 Å². The van der Waals surface area contributed by atoms with Crippen LogP contribution >= 0.6 is 11.6 Å². The minimum Gasteiger partial charge on any atom is -0.342 e. The molecule has 0 aromatic heterocycles. The van der Waals surface area contributed by atoms with E-state index in [1.807, 2.05) is 29.2 Å². The first-order valence-corrected chi connectivity index (χ1v) is 6.29. The van der Waals surface area contributed by atoms with Gasteiger partial charge in [0.25, 0.3) is 0 Å². The van der Waals surface area contributed by atoms with Crippen molar-refractivity contribution in [3.8, 4) is 0 Å². The molecule has 0 radical (unpaired) electrons. The van der Waals surface area contributed by atoms with E-state index in [0.29, 0.717) is 18.9 Å². The Morgan fingerprint density at radius 3 is 2.94 bits per heavy atom. The molecule has 0 spiro atoms. The van der Waals surface area contributed by atoms with Crippen molar-refractivity contribution < 1.29 is 4.79 Å². The average molecular weight is 253 g/mol. The van der Waals surface area contributed by atoms with E-state index >= 15 is 0 Å². The van der Waals surface area contributed by atoms with Gasteiger partial charge in [-0.1, -0.05) is 23.7 Å². The van der Waals surface area contributed by atoms with Crippen molar-refractivity contribution in [3.05, 3.63) is 34.9 Å². The Morgan fingerprint density at radius 2 is 2.29 bits per heavy atom. The smallest absolute Gasteiger partial charge is 0.222 e. The number of benzene rings is 1. The van der Waals surface area contributed by atoms with E-state index in [-0.39, 0.29) is 5.91 Å². The summed E-state index contributed by atoms with van der Waals surface area (Å²) in [7, 11) is 0. The predicted octanol–water partition coefficient (Wildman–Crippen LogP) is 1.69. The number of halogens is 1. The fourth-order valence-electron chi connectivity index (χ4n) is 2.18. The molecule has 0 saturated carbocycles. The summed E-state index contributed by atoms with van der Waals surface area (Å²) in [5, 5.41) is 0.745. The summed E-state index contributed by atoms with van der Waals surface area (Å²) in [5.74, 6) is 0.560. The summed E-state index contributed by atoms with van der Waals surface area (Å²) >= 11 is 5.92. The zero-order chi connectivity index (χ0) is 12.3. The van der Waals surface area contributed by atoms with Crippen LogP contribution in [0, 0.1) is 5.92 Å². The lowest BCUT2D eigenvalue weighted by Gasteiger charge is -2.16. The summed E-state index contributed by atoms with van der Waals surface area (Å²) in [5.41, 5.74) is 6.76. The summed E-state index contributed by atoms with van der Waals surface area (Å²) in [6, 6.07) is 7.78. The van der Waals surface area contributed by atoms with E-state index in [1.165, 1.54) is 5.56 Å². The van der Waals surface area contributed by atoms with Crippen LogP contribution in [-0.4, -0.2) is 30.4 Å². The number of hydrogen-bond acceptors (Lipinski definition) is 2. The lowest BCUT2D eigenvalue weighted by atomic mass is 10.1. The molecular weight excluding hydrogens is 236 g/mol. The zero-order valence-corrected chi connectivity index (χ0v) is 10.5. The van der Waals surface area contributed by atoms with Crippen molar-refractivity contribution in [1.82, 2.24) is 4.90 Å². The standard InChI is InChI=1S/C13H17ClN2O/c14-12-3-1-2-10(6-12)4-5-16-9-11(8-15)7-13(16)17/h1-3,6,11H,4-5,7-9,15H2/t11-/m0/s1. The highest BCUT2D eigenvalue weighted by Gasteiger charge is 2.27.